The molecule has 0 saturated heterocycles. The summed E-state index contributed by atoms with van der Waals surface area (Å²) >= 11 is 0. The van der Waals surface area contributed by atoms with Crippen LogP contribution in [0.15, 0.2) is 41.5 Å². The van der Waals surface area contributed by atoms with E-state index in [2.05, 4.69) is 21.5 Å². The van der Waals surface area contributed by atoms with Crippen molar-refractivity contribution in [2.45, 2.75) is 20.0 Å². The van der Waals surface area contributed by atoms with E-state index in [0.29, 0.717) is 30.1 Å². The van der Waals surface area contributed by atoms with Gasteiger partial charge >= 0.3 is 0 Å². The maximum absolute atomic E-state index is 12.2. The lowest BCUT2D eigenvalue weighted by molar-refractivity contribution is 0.180. The third kappa shape index (κ3) is 3.19. The van der Waals surface area contributed by atoms with Crippen LogP contribution in [0.5, 0.6) is 0 Å². The van der Waals surface area contributed by atoms with Gasteiger partial charge in [0.05, 0.1) is 12.3 Å². The van der Waals surface area contributed by atoms with Gasteiger partial charge in [0.25, 0.3) is 5.56 Å². The molecule has 2 aromatic rings. The number of rotatable bonds is 5. The second kappa shape index (κ2) is 6.25. The van der Waals surface area contributed by atoms with E-state index in [0.717, 1.165) is 11.1 Å². The number of H-pyrrole nitrogens is 1. The second-order valence-electron chi connectivity index (χ2n) is 4.65. The summed E-state index contributed by atoms with van der Waals surface area (Å²) in [7, 11) is 1.58. The van der Waals surface area contributed by atoms with Gasteiger partial charge in [0.15, 0.2) is 0 Å². The first-order valence-electron chi connectivity index (χ1n) is 6.27. The number of nitrogens with one attached hydrogen (secondary N) is 1. The predicted octanol–water partition coefficient (Wildman–Crippen LogP) is 2.10. The quantitative estimate of drug-likeness (QED) is 0.846. The lowest BCUT2D eigenvalue weighted by atomic mass is 10.1. The number of methoxy groups -OCH3 is 1. The Morgan fingerprint density at radius 2 is 2.30 bits per heavy atom. The highest BCUT2D eigenvalue weighted by molar-refractivity contribution is 5.53. The van der Waals surface area contributed by atoms with Gasteiger partial charge in [-0.15, -0.1) is 0 Å². The van der Waals surface area contributed by atoms with Crippen molar-refractivity contribution in [2.75, 3.05) is 7.11 Å². The molecule has 1 N–H and O–H groups in total. The Morgan fingerprint density at radius 1 is 1.50 bits per heavy atom. The molecule has 5 nitrogen and oxygen atoms in total. The van der Waals surface area contributed by atoms with Crippen molar-refractivity contribution in [3.8, 4) is 11.4 Å². The predicted molar refractivity (Wildman–Crippen MR) is 77.3 cm³/mol. The van der Waals surface area contributed by atoms with Gasteiger partial charge in [0.1, 0.15) is 5.82 Å². The van der Waals surface area contributed by atoms with E-state index >= 15 is 0 Å². The summed E-state index contributed by atoms with van der Waals surface area (Å²) in [5.74, 6) is 0.501. The van der Waals surface area contributed by atoms with E-state index in [1.54, 1.807) is 25.6 Å². The summed E-state index contributed by atoms with van der Waals surface area (Å²) in [5.41, 5.74) is 2.76. The summed E-state index contributed by atoms with van der Waals surface area (Å²) in [4.78, 5) is 23.5. The minimum Gasteiger partial charge on any atom is -0.378 e. The van der Waals surface area contributed by atoms with E-state index in [1.807, 2.05) is 13.0 Å². The third-order valence-electron chi connectivity index (χ3n) is 2.80. The Morgan fingerprint density at radius 3 is 2.90 bits per heavy atom. The standard InChI is InChI=1S/C15H17N3O2/c1-10(2)7-12-13(9-20-3)17-14(18-15(12)19)11-5-4-6-16-8-11/h4-6,8H,1,7,9H2,2-3H3,(H,17,18,19). The van der Waals surface area contributed by atoms with Crippen LogP contribution < -0.4 is 5.56 Å². The van der Waals surface area contributed by atoms with Crippen molar-refractivity contribution >= 4 is 0 Å². The minimum atomic E-state index is -0.158. The van der Waals surface area contributed by atoms with Crippen molar-refractivity contribution in [1.82, 2.24) is 15.0 Å². The Bertz CT molecular complexity index is 663. The molecular formula is C15H17N3O2. The van der Waals surface area contributed by atoms with Crippen LogP contribution >= 0.6 is 0 Å². The summed E-state index contributed by atoms with van der Waals surface area (Å²) in [6.45, 7) is 6.01. The highest BCUT2D eigenvalue weighted by atomic mass is 16.5. The molecular weight excluding hydrogens is 254 g/mol. The number of pyridine rings is 1. The Balaban J connectivity index is 2.53. The van der Waals surface area contributed by atoms with Gasteiger partial charge in [0, 0.05) is 37.1 Å². The maximum atomic E-state index is 12.2. The van der Waals surface area contributed by atoms with E-state index in [1.165, 1.54) is 0 Å². The van der Waals surface area contributed by atoms with Gasteiger partial charge in [-0.25, -0.2) is 4.98 Å². The highest BCUT2D eigenvalue weighted by Gasteiger charge is 2.12. The maximum Gasteiger partial charge on any atom is 0.255 e. The lowest BCUT2D eigenvalue weighted by Crippen LogP contribution is -2.19. The smallest absolute Gasteiger partial charge is 0.255 e. The molecule has 0 spiro atoms. The molecule has 0 saturated carbocycles. The van der Waals surface area contributed by atoms with Crippen LogP contribution in [-0.4, -0.2) is 22.1 Å². The average Bonchev–Trinajstić information content (AvgIpc) is 2.43. The number of aromatic nitrogens is 3. The van der Waals surface area contributed by atoms with Crippen molar-refractivity contribution in [3.05, 3.63) is 58.3 Å². The fraction of sp³-hybridized carbons (Fsp3) is 0.267. The number of hydrogen-bond acceptors (Lipinski definition) is 4. The molecule has 104 valence electrons. The van der Waals surface area contributed by atoms with Crippen LogP contribution in [0.1, 0.15) is 18.2 Å². The van der Waals surface area contributed by atoms with Gasteiger partial charge in [-0.05, 0) is 19.1 Å². The molecule has 0 fully saturated rings. The zero-order valence-electron chi connectivity index (χ0n) is 11.6. The molecule has 0 aliphatic carbocycles. The van der Waals surface area contributed by atoms with Gasteiger partial charge in [-0.2, -0.15) is 0 Å². The van der Waals surface area contributed by atoms with Crippen molar-refractivity contribution < 1.29 is 4.74 Å². The molecule has 0 amide bonds. The minimum absolute atomic E-state index is 0.158. The van der Waals surface area contributed by atoms with Gasteiger partial charge in [-0.1, -0.05) is 12.2 Å². The fourth-order valence-electron chi connectivity index (χ4n) is 1.92. The first-order valence-corrected chi connectivity index (χ1v) is 6.27. The molecule has 0 aliphatic heterocycles. The second-order valence-corrected chi connectivity index (χ2v) is 4.65. The van der Waals surface area contributed by atoms with Crippen molar-refractivity contribution in [2.24, 2.45) is 0 Å². The Hall–Kier alpha value is -2.27. The molecule has 0 atom stereocenters. The van der Waals surface area contributed by atoms with Crippen molar-refractivity contribution in [3.63, 3.8) is 0 Å². The number of ether oxygens (including phenoxy) is 1. The van der Waals surface area contributed by atoms with Crippen LogP contribution in [-0.2, 0) is 17.8 Å². The molecule has 0 unspecified atom stereocenters. The molecule has 2 aromatic heterocycles. The Labute approximate surface area is 117 Å². The van der Waals surface area contributed by atoms with Gasteiger partial charge in [-0.3, -0.25) is 9.78 Å². The van der Waals surface area contributed by atoms with Crippen LogP contribution in [0, 0.1) is 0 Å². The van der Waals surface area contributed by atoms with Crippen LogP contribution in [0.2, 0.25) is 0 Å². The first-order chi connectivity index (χ1) is 9.61. The van der Waals surface area contributed by atoms with E-state index in [-0.39, 0.29) is 5.56 Å². The fourth-order valence-corrected chi connectivity index (χ4v) is 1.92. The molecule has 0 aliphatic rings. The van der Waals surface area contributed by atoms with Crippen LogP contribution in [0.4, 0.5) is 0 Å². The van der Waals surface area contributed by atoms with Gasteiger partial charge < -0.3 is 9.72 Å². The summed E-state index contributed by atoms with van der Waals surface area (Å²) in [6, 6.07) is 3.65. The topological polar surface area (TPSA) is 67.9 Å². The summed E-state index contributed by atoms with van der Waals surface area (Å²) < 4.78 is 5.14. The van der Waals surface area contributed by atoms with E-state index in [4.69, 9.17) is 4.74 Å². The average molecular weight is 271 g/mol. The van der Waals surface area contributed by atoms with Crippen LogP contribution in [0.25, 0.3) is 11.4 Å². The lowest BCUT2D eigenvalue weighted by Gasteiger charge is -2.09. The molecule has 0 aromatic carbocycles. The molecule has 5 heteroatoms. The van der Waals surface area contributed by atoms with E-state index < -0.39 is 0 Å². The highest BCUT2D eigenvalue weighted by Crippen LogP contribution is 2.15. The third-order valence-corrected chi connectivity index (χ3v) is 2.80. The monoisotopic (exact) mass is 271 g/mol. The number of nitrogens with zero attached hydrogens (tertiary/aromatic N) is 2. The molecule has 20 heavy (non-hydrogen) atoms. The summed E-state index contributed by atoms with van der Waals surface area (Å²) in [5, 5.41) is 0. The van der Waals surface area contributed by atoms with Gasteiger partial charge in [0.2, 0.25) is 0 Å². The largest absolute Gasteiger partial charge is 0.378 e. The van der Waals surface area contributed by atoms with Crippen molar-refractivity contribution in [1.29, 1.82) is 0 Å². The first kappa shape index (κ1) is 14.1. The Kier molecular flexibility index (Phi) is 4.42. The molecule has 2 rings (SSSR count). The van der Waals surface area contributed by atoms with E-state index in [9.17, 15) is 4.79 Å². The number of allylic oxidation sites excluding steroid dienone is 1. The van der Waals surface area contributed by atoms with Crippen LogP contribution in [0.3, 0.4) is 0 Å². The molecule has 0 bridgehead atoms. The molecule has 0 radical (unpaired) electrons. The molecule has 2 heterocycles. The normalized spacial score (nSPS) is 10.5. The zero-order chi connectivity index (χ0) is 14.5. The SMILES string of the molecule is C=C(C)Cc1c(COC)nc(-c2cccnc2)[nH]c1=O. The summed E-state index contributed by atoms with van der Waals surface area (Å²) in [6.07, 6.45) is 3.83. The zero-order valence-corrected chi connectivity index (χ0v) is 11.6. The number of aromatic amines is 1. The number of hydrogen-bond donors (Lipinski definition) is 1.